The zero-order valence-electron chi connectivity index (χ0n) is 21.4. The molecule has 3 aromatic carbocycles. The average molecular weight is 510 g/mol. The minimum atomic E-state index is -0.0687. The molecule has 1 aromatic heterocycles. The van der Waals surface area contributed by atoms with Gasteiger partial charge in [-0.05, 0) is 68.7 Å². The maximum absolute atomic E-state index is 12.8. The molecule has 9 heteroatoms. The van der Waals surface area contributed by atoms with Gasteiger partial charge in [0.25, 0.3) is 5.91 Å². The van der Waals surface area contributed by atoms with Crippen LogP contribution in [0.25, 0.3) is 10.9 Å². The Balaban J connectivity index is 1.56. The van der Waals surface area contributed by atoms with Crippen LogP contribution in [0.2, 0.25) is 0 Å². The predicted molar refractivity (Wildman–Crippen MR) is 144 cm³/mol. The molecule has 0 bridgehead atoms. The van der Waals surface area contributed by atoms with Crippen molar-refractivity contribution >= 4 is 28.2 Å². The van der Waals surface area contributed by atoms with Gasteiger partial charge in [0.05, 0.1) is 34.1 Å². The van der Waals surface area contributed by atoms with Crippen molar-refractivity contribution in [2.75, 3.05) is 41.0 Å². The molecule has 0 atom stereocenters. The summed E-state index contributed by atoms with van der Waals surface area (Å²) < 4.78 is 11.0. The fourth-order valence-corrected chi connectivity index (χ4v) is 4.28. The normalized spacial score (nSPS) is 12.7. The molecule has 2 N–H and O–H groups in total. The molecule has 1 aliphatic rings. The molecule has 0 spiro atoms. The molecule has 0 unspecified atom stereocenters. The van der Waals surface area contributed by atoms with E-state index in [0.717, 1.165) is 6.54 Å². The molecule has 1 aliphatic heterocycles. The van der Waals surface area contributed by atoms with Crippen LogP contribution in [0.5, 0.6) is 17.4 Å². The third-order valence-electron chi connectivity index (χ3n) is 6.38. The SMILES string of the molecule is CN(C)CCN(C)C(=O)c1ccc(N=C(c2ccc3c(c2)OCO3)c2c(O)[nH]c3cc(C#N)ccc23)cc1. The highest BCUT2D eigenvalue weighted by molar-refractivity contribution is 6.22. The second kappa shape index (κ2) is 10.3. The number of nitriles is 1. The summed E-state index contributed by atoms with van der Waals surface area (Å²) in [6.07, 6.45) is 0. The van der Waals surface area contributed by atoms with Gasteiger partial charge in [0, 0.05) is 36.7 Å². The van der Waals surface area contributed by atoms with E-state index < -0.39 is 0 Å². The van der Waals surface area contributed by atoms with Crippen LogP contribution in [0.3, 0.4) is 0 Å². The topological polar surface area (TPSA) is 114 Å². The number of hydrogen-bond acceptors (Lipinski definition) is 7. The monoisotopic (exact) mass is 509 g/mol. The van der Waals surface area contributed by atoms with Crippen LogP contribution in [-0.4, -0.2) is 72.5 Å². The molecule has 192 valence electrons. The van der Waals surface area contributed by atoms with E-state index in [2.05, 4.69) is 11.1 Å². The Morgan fingerprint density at radius 3 is 2.47 bits per heavy atom. The van der Waals surface area contributed by atoms with Crippen molar-refractivity contribution < 1.29 is 19.4 Å². The number of likely N-dealkylation sites (N-methyl/N-ethyl adjacent to an activating group) is 2. The quantitative estimate of drug-likeness (QED) is 0.360. The number of hydrogen-bond donors (Lipinski definition) is 2. The number of aromatic amines is 1. The highest BCUT2D eigenvalue weighted by atomic mass is 16.7. The first-order valence-electron chi connectivity index (χ1n) is 12.1. The predicted octanol–water partition coefficient (Wildman–Crippen LogP) is 4.28. The minimum Gasteiger partial charge on any atom is -0.494 e. The number of carbonyl (C=O) groups is 1. The zero-order chi connectivity index (χ0) is 26.8. The molecule has 1 amide bonds. The van der Waals surface area contributed by atoms with Gasteiger partial charge >= 0.3 is 0 Å². The van der Waals surface area contributed by atoms with Crippen molar-refractivity contribution in [1.29, 1.82) is 5.26 Å². The number of aromatic nitrogens is 1. The van der Waals surface area contributed by atoms with Crippen molar-refractivity contribution in [1.82, 2.24) is 14.8 Å². The average Bonchev–Trinajstić information content (AvgIpc) is 3.52. The summed E-state index contributed by atoms with van der Waals surface area (Å²) in [5, 5.41) is 20.9. The maximum atomic E-state index is 12.8. The number of carbonyl (C=O) groups excluding carboxylic acids is 1. The van der Waals surface area contributed by atoms with Gasteiger partial charge in [-0.2, -0.15) is 5.26 Å². The Kier molecular flexibility index (Phi) is 6.73. The van der Waals surface area contributed by atoms with Gasteiger partial charge in [-0.1, -0.05) is 6.07 Å². The van der Waals surface area contributed by atoms with E-state index in [1.807, 2.05) is 31.1 Å². The Labute approximate surface area is 220 Å². The third-order valence-corrected chi connectivity index (χ3v) is 6.38. The molecule has 2 heterocycles. The van der Waals surface area contributed by atoms with Crippen molar-refractivity contribution in [3.05, 3.63) is 82.9 Å². The third kappa shape index (κ3) is 4.90. The summed E-state index contributed by atoms with van der Waals surface area (Å²) in [6.45, 7) is 1.53. The highest BCUT2D eigenvalue weighted by Crippen LogP contribution is 2.37. The summed E-state index contributed by atoms with van der Waals surface area (Å²) in [7, 11) is 5.72. The first kappa shape index (κ1) is 24.9. The number of benzene rings is 3. The second-order valence-corrected chi connectivity index (χ2v) is 9.33. The van der Waals surface area contributed by atoms with Crippen molar-refractivity contribution in [3.63, 3.8) is 0 Å². The number of nitrogens with one attached hydrogen (secondary N) is 1. The summed E-state index contributed by atoms with van der Waals surface area (Å²) in [5.74, 6) is 1.08. The molecule has 38 heavy (non-hydrogen) atoms. The number of aliphatic imine (C=N–C) groups is 1. The van der Waals surface area contributed by atoms with Crippen LogP contribution < -0.4 is 9.47 Å². The lowest BCUT2D eigenvalue weighted by Gasteiger charge is -2.19. The number of H-pyrrole nitrogens is 1. The largest absolute Gasteiger partial charge is 0.494 e. The minimum absolute atomic E-state index is 0.0686. The molecule has 0 radical (unpaired) electrons. The van der Waals surface area contributed by atoms with Crippen LogP contribution in [0, 0.1) is 11.3 Å². The Hall–Kier alpha value is -4.81. The lowest BCUT2D eigenvalue weighted by molar-refractivity contribution is 0.0786. The highest BCUT2D eigenvalue weighted by Gasteiger charge is 2.22. The Bertz CT molecular complexity index is 1580. The van der Waals surface area contributed by atoms with Crippen LogP contribution in [-0.2, 0) is 0 Å². The van der Waals surface area contributed by atoms with Gasteiger partial charge < -0.3 is 29.4 Å². The number of fused-ring (bicyclic) bond motifs is 2. The van der Waals surface area contributed by atoms with Crippen LogP contribution in [0.4, 0.5) is 5.69 Å². The second-order valence-electron chi connectivity index (χ2n) is 9.33. The molecule has 5 rings (SSSR count). The molecular formula is C29H27N5O4. The van der Waals surface area contributed by atoms with E-state index in [9.17, 15) is 15.2 Å². The fourth-order valence-electron chi connectivity index (χ4n) is 4.28. The Morgan fingerprint density at radius 2 is 1.74 bits per heavy atom. The van der Waals surface area contributed by atoms with Gasteiger partial charge in [0.1, 0.15) is 0 Å². The number of ether oxygens (including phenoxy) is 2. The molecule has 0 fully saturated rings. The van der Waals surface area contributed by atoms with Crippen molar-refractivity contribution in [2.24, 2.45) is 4.99 Å². The van der Waals surface area contributed by atoms with Crippen LogP contribution >= 0.6 is 0 Å². The van der Waals surface area contributed by atoms with Crippen LogP contribution in [0.15, 0.2) is 65.7 Å². The van der Waals surface area contributed by atoms with Gasteiger partial charge in [-0.25, -0.2) is 4.99 Å². The fraction of sp³-hybridized carbons (Fsp3) is 0.207. The molecular weight excluding hydrogens is 482 g/mol. The molecule has 9 nitrogen and oxygen atoms in total. The van der Waals surface area contributed by atoms with E-state index in [1.165, 1.54) is 0 Å². The molecule has 4 aromatic rings. The van der Waals surface area contributed by atoms with Gasteiger partial charge in [0.15, 0.2) is 17.4 Å². The van der Waals surface area contributed by atoms with Gasteiger partial charge in [0.2, 0.25) is 6.79 Å². The molecule has 0 saturated heterocycles. The number of aromatic hydroxyl groups is 1. The molecule has 0 aliphatic carbocycles. The standard InChI is InChI=1S/C29H27N5O4/c1-33(2)12-13-34(3)29(36)19-5-8-21(9-6-19)31-27(20-7-11-24-25(15-20)38-17-37-24)26-22-10-4-18(16-30)14-23(22)32-28(26)35/h4-11,14-15,32,35H,12-13,17H2,1-3H3. The van der Waals surface area contributed by atoms with E-state index in [-0.39, 0.29) is 18.6 Å². The van der Waals surface area contributed by atoms with Gasteiger partial charge in [-0.15, -0.1) is 0 Å². The Morgan fingerprint density at radius 1 is 1.00 bits per heavy atom. The maximum Gasteiger partial charge on any atom is 0.253 e. The summed E-state index contributed by atoms with van der Waals surface area (Å²) >= 11 is 0. The lowest BCUT2D eigenvalue weighted by atomic mass is 9.99. The first-order chi connectivity index (χ1) is 18.3. The van der Waals surface area contributed by atoms with Crippen molar-refractivity contribution in [2.45, 2.75) is 0 Å². The van der Waals surface area contributed by atoms with E-state index in [0.29, 0.717) is 62.6 Å². The van der Waals surface area contributed by atoms with E-state index in [1.54, 1.807) is 60.5 Å². The number of amides is 1. The first-order valence-corrected chi connectivity index (χ1v) is 12.1. The zero-order valence-corrected chi connectivity index (χ0v) is 21.4. The van der Waals surface area contributed by atoms with Gasteiger partial charge in [-0.3, -0.25) is 4.79 Å². The summed E-state index contributed by atoms with van der Waals surface area (Å²) in [5.41, 5.74) is 3.96. The number of rotatable bonds is 7. The van der Waals surface area contributed by atoms with Crippen LogP contribution in [0.1, 0.15) is 27.0 Å². The summed E-state index contributed by atoms with van der Waals surface area (Å²) in [6, 6.07) is 19.8. The van der Waals surface area contributed by atoms with Crippen molar-refractivity contribution in [3.8, 4) is 23.4 Å². The molecule has 0 saturated carbocycles. The van der Waals surface area contributed by atoms with E-state index >= 15 is 0 Å². The summed E-state index contributed by atoms with van der Waals surface area (Å²) in [4.78, 5) is 24.4. The van der Waals surface area contributed by atoms with E-state index in [4.69, 9.17) is 14.5 Å². The smallest absolute Gasteiger partial charge is 0.253 e. The lowest BCUT2D eigenvalue weighted by Crippen LogP contribution is -2.33. The number of nitrogens with zero attached hydrogens (tertiary/aromatic N) is 4.